The molecule has 0 aromatic carbocycles. The van der Waals surface area contributed by atoms with E-state index in [9.17, 15) is 4.79 Å². The van der Waals surface area contributed by atoms with Crippen LogP contribution in [0.4, 0.5) is 0 Å². The van der Waals surface area contributed by atoms with Gasteiger partial charge in [-0.1, -0.05) is 71.3 Å². The fourth-order valence-corrected chi connectivity index (χ4v) is 1.58. The summed E-state index contributed by atoms with van der Waals surface area (Å²) >= 11 is 0. The Balaban J connectivity index is 0. The second-order valence-electron chi connectivity index (χ2n) is 4.70. The SMILES string of the molecule is C=CCCCC.CCCCCCCCCC(=O)O. The van der Waals surface area contributed by atoms with Crippen LogP contribution in [0.1, 0.15) is 84.5 Å². The van der Waals surface area contributed by atoms with Gasteiger partial charge in [0.05, 0.1) is 0 Å². The van der Waals surface area contributed by atoms with E-state index in [1.165, 1.54) is 51.4 Å². The molecule has 0 heterocycles. The van der Waals surface area contributed by atoms with Crippen molar-refractivity contribution in [2.45, 2.75) is 84.5 Å². The van der Waals surface area contributed by atoms with Crippen LogP contribution in [0.25, 0.3) is 0 Å². The Bertz CT molecular complexity index is 176. The van der Waals surface area contributed by atoms with Gasteiger partial charge in [0, 0.05) is 6.42 Å². The first-order valence-electron chi connectivity index (χ1n) is 7.51. The smallest absolute Gasteiger partial charge is 0.303 e. The Kier molecular flexibility index (Phi) is 20.2. The van der Waals surface area contributed by atoms with Crippen LogP contribution in [-0.2, 0) is 4.79 Å². The third kappa shape index (κ3) is 24.4. The highest BCUT2D eigenvalue weighted by Crippen LogP contribution is 2.07. The van der Waals surface area contributed by atoms with E-state index >= 15 is 0 Å². The van der Waals surface area contributed by atoms with Crippen LogP contribution in [0, 0.1) is 0 Å². The molecule has 0 saturated carbocycles. The van der Waals surface area contributed by atoms with Crippen molar-refractivity contribution >= 4 is 5.97 Å². The van der Waals surface area contributed by atoms with Gasteiger partial charge in [-0.05, 0) is 12.8 Å². The first kappa shape index (κ1) is 19.5. The summed E-state index contributed by atoms with van der Waals surface area (Å²) in [6, 6.07) is 0. The molecule has 0 amide bonds. The van der Waals surface area contributed by atoms with E-state index < -0.39 is 5.97 Å². The predicted molar refractivity (Wildman–Crippen MR) is 80.0 cm³/mol. The van der Waals surface area contributed by atoms with Gasteiger partial charge in [-0.2, -0.15) is 0 Å². The van der Waals surface area contributed by atoms with Gasteiger partial charge in [-0.3, -0.25) is 4.79 Å². The second-order valence-corrected chi connectivity index (χ2v) is 4.70. The van der Waals surface area contributed by atoms with Gasteiger partial charge in [0.1, 0.15) is 0 Å². The number of hydrogen-bond donors (Lipinski definition) is 1. The van der Waals surface area contributed by atoms with E-state index in [0.29, 0.717) is 6.42 Å². The Morgan fingerprint density at radius 2 is 1.44 bits per heavy atom. The second kappa shape index (κ2) is 18.6. The molecular weight excluding hydrogens is 224 g/mol. The molecule has 1 N–H and O–H groups in total. The Morgan fingerprint density at radius 3 is 1.83 bits per heavy atom. The molecule has 18 heavy (non-hydrogen) atoms. The molecule has 0 aromatic heterocycles. The zero-order valence-corrected chi connectivity index (χ0v) is 12.4. The fourth-order valence-electron chi connectivity index (χ4n) is 1.58. The van der Waals surface area contributed by atoms with Gasteiger partial charge >= 0.3 is 5.97 Å². The number of aliphatic carboxylic acids is 1. The van der Waals surface area contributed by atoms with Gasteiger partial charge in [0.15, 0.2) is 0 Å². The zero-order chi connectivity index (χ0) is 14.1. The highest BCUT2D eigenvalue weighted by molar-refractivity contribution is 5.66. The number of hydrogen-bond acceptors (Lipinski definition) is 1. The third-order valence-corrected chi connectivity index (χ3v) is 2.76. The average Bonchev–Trinajstić information content (AvgIpc) is 2.36. The lowest BCUT2D eigenvalue weighted by atomic mass is 10.1. The summed E-state index contributed by atoms with van der Waals surface area (Å²) in [5.41, 5.74) is 0. The van der Waals surface area contributed by atoms with Crippen molar-refractivity contribution < 1.29 is 9.90 Å². The lowest BCUT2D eigenvalue weighted by Gasteiger charge is -1.98. The van der Waals surface area contributed by atoms with Gasteiger partial charge in [-0.25, -0.2) is 0 Å². The molecule has 0 rings (SSSR count). The Labute approximate surface area is 113 Å². The van der Waals surface area contributed by atoms with E-state index in [2.05, 4.69) is 20.4 Å². The molecule has 0 unspecified atom stereocenters. The average molecular weight is 256 g/mol. The molecule has 0 saturated heterocycles. The minimum absolute atomic E-state index is 0.341. The highest BCUT2D eigenvalue weighted by atomic mass is 16.4. The summed E-state index contributed by atoms with van der Waals surface area (Å²) < 4.78 is 0. The summed E-state index contributed by atoms with van der Waals surface area (Å²) in [6.45, 7) is 7.98. The Morgan fingerprint density at radius 1 is 0.944 bits per heavy atom. The van der Waals surface area contributed by atoms with Crippen molar-refractivity contribution in [2.75, 3.05) is 0 Å². The molecule has 0 aliphatic rings. The molecular formula is C16H32O2. The quantitative estimate of drug-likeness (QED) is 0.387. The van der Waals surface area contributed by atoms with E-state index in [0.717, 1.165) is 12.8 Å². The van der Waals surface area contributed by atoms with Crippen molar-refractivity contribution in [3.63, 3.8) is 0 Å². The number of allylic oxidation sites excluding steroid dienone is 1. The number of carboxylic acid groups (broad SMARTS) is 1. The van der Waals surface area contributed by atoms with Crippen molar-refractivity contribution in [1.82, 2.24) is 0 Å². The number of unbranched alkanes of at least 4 members (excludes halogenated alkanes) is 8. The topological polar surface area (TPSA) is 37.3 Å². The maximum Gasteiger partial charge on any atom is 0.303 e. The summed E-state index contributed by atoms with van der Waals surface area (Å²) in [5, 5.41) is 8.35. The molecule has 2 heteroatoms. The first-order chi connectivity index (χ1) is 8.68. The molecule has 0 bridgehead atoms. The maximum atomic E-state index is 10.1. The van der Waals surface area contributed by atoms with E-state index in [1.807, 2.05) is 6.08 Å². The van der Waals surface area contributed by atoms with Crippen molar-refractivity contribution in [1.29, 1.82) is 0 Å². The predicted octanol–water partition coefficient (Wildman–Crippen LogP) is 5.57. The normalized spacial score (nSPS) is 9.44. The molecule has 0 spiro atoms. The molecule has 0 atom stereocenters. The summed E-state index contributed by atoms with van der Waals surface area (Å²) in [5.74, 6) is -0.663. The third-order valence-electron chi connectivity index (χ3n) is 2.76. The summed E-state index contributed by atoms with van der Waals surface area (Å²) in [4.78, 5) is 10.1. The number of rotatable bonds is 11. The van der Waals surface area contributed by atoms with Crippen LogP contribution in [0.5, 0.6) is 0 Å². The number of carboxylic acids is 1. The molecule has 0 radical (unpaired) electrons. The molecule has 0 aliphatic carbocycles. The van der Waals surface area contributed by atoms with Crippen LogP contribution in [-0.4, -0.2) is 11.1 Å². The highest BCUT2D eigenvalue weighted by Gasteiger charge is 1.95. The van der Waals surface area contributed by atoms with Gasteiger partial charge < -0.3 is 5.11 Å². The Hall–Kier alpha value is -0.790. The van der Waals surface area contributed by atoms with Gasteiger partial charge in [-0.15, -0.1) is 6.58 Å². The molecule has 0 aliphatic heterocycles. The standard InChI is InChI=1S/C10H20O2.C6H12/c1-2-3-4-5-6-7-8-9-10(11)12;1-3-5-6-4-2/h2-9H2,1H3,(H,11,12);3H,1,4-6H2,2H3. The van der Waals surface area contributed by atoms with Crippen molar-refractivity contribution in [3.05, 3.63) is 12.7 Å². The van der Waals surface area contributed by atoms with Gasteiger partial charge in [0.2, 0.25) is 0 Å². The minimum Gasteiger partial charge on any atom is -0.481 e. The lowest BCUT2D eigenvalue weighted by molar-refractivity contribution is -0.137. The van der Waals surface area contributed by atoms with Crippen LogP contribution < -0.4 is 0 Å². The van der Waals surface area contributed by atoms with E-state index in [4.69, 9.17) is 5.11 Å². The molecule has 2 nitrogen and oxygen atoms in total. The van der Waals surface area contributed by atoms with E-state index in [1.54, 1.807) is 0 Å². The van der Waals surface area contributed by atoms with Crippen molar-refractivity contribution in [2.24, 2.45) is 0 Å². The molecule has 108 valence electrons. The largest absolute Gasteiger partial charge is 0.481 e. The van der Waals surface area contributed by atoms with E-state index in [-0.39, 0.29) is 0 Å². The van der Waals surface area contributed by atoms with Crippen molar-refractivity contribution in [3.8, 4) is 0 Å². The number of carbonyl (C=O) groups is 1. The molecule has 0 fully saturated rings. The summed E-state index contributed by atoms with van der Waals surface area (Å²) in [7, 11) is 0. The van der Waals surface area contributed by atoms with Crippen LogP contribution in [0.2, 0.25) is 0 Å². The van der Waals surface area contributed by atoms with Crippen LogP contribution in [0.15, 0.2) is 12.7 Å². The first-order valence-corrected chi connectivity index (χ1v) is 7.51. The summed E-state index contributed by atoms with van der Waals surface area (Å²) in [6.07, 6.45) is 14.4. The zero-order valence-electron chi connectivity index (χ0n) is 12.4. The fraction of sp³-hybridized carbons (Fsp3) is 0.812. The molecule has 0 aromatic rings. The van der Waals surface area contributed by atoms with Crippen LogP contribution >= 0.6 is 0 Å². The minimum atomic E-state index is -0.663. The van der Waals surface area contributed by atoms with Crippen LogP contribution in [0.3, 0.4) is 0 Å². The van der Waals surface area contributed by atoms with Gasteiger partial charge in [0.25, 0.3) is 0 Å². The monoisotopic (exact) mass is 256 g/mol. The lowest BCUT2D eigenvalue weighted by Crippen LogP contribution is -1.93. The maximum absolute atomic E-state index is 10.1.